The van der Waals surface area contributed by atoms with Crippen molar-refractivity contribution in [2.45, 2.75) is 18.0 Å². The first-order valence-electron chi connectivity index (χ1n) is 9.32. The summed E-state index contributed by atoms with van der Waals surface area (Å²) in [6, 6.07) is 11.1. The second kappa shape index (κ2) is 8.75. The van der Waals surface area contributed by atoms with E-state index >= 15 is 0 Å². The number of halogens is 3. The minimum atomic E-state index is -4.62. The van der Waals surface area contributed by atoms with Crippen LogP contribution >= 0.6 is 0 Å². The van der Waals surface area contributed by atoms with E-state index in [0.717, 1.165) is 28.1 Å². The van der Waals surface area contributed by atoms with Crippen molar-refractivity contribution in [1.82, 2.24) is 9.21 Å². The van der Waals surface area contributed by atoms with Gasteiger partial charge in [0.05, 0.1) is 17.0 Å². The van der Waals surface area contributed by atoms with Gasteiger partial charge in [-0.25, -0.2) is 8.42 Å². The number of hydrogen-bond donors (Lipinski definition) is 1. The fourth-order valence-electron chi connectivity index (χ4n) is 3.22. The van der Waals surface area contributed by atoms with Crippen LogP contribution in [0, 0.1) is 6.92 Å². The number of sulfonamides is 1. The molecule has 10 heteroatoms. The number of nitrogens with zero attached hydrogens (tertiary/aromatic N) is 2. The third kappa shape index (κ3) is 5.18. The summed E-state index contributed by atoms with van der Waals surface area (Å²) in [6.07, 6.45) is -4.62. The van der Waals surface area contributed by atoms with Gasteiger partial charge in [0.15, 0.2) is 0 Å². The Balaban J connectivity index is 1.60. The summed E-state index contributed by atoms with van der Waals surface area (Å²) in [5, 5.41) is 2.83. The molecule has 3 rings (SSSR count). The minimum Gasteiger partial charge on any atom is -0.325 e. The molecule has 1 N–H and O–H groups in total. The molecule has 1 saturated heterocycles. The van der Waals surface area contributed by atoms with Crippen molar-refractivity contribution in [2.75, 3.05) is 38.0 Å². The van der Waals surface area contributed by atoms with E-state index in [2.05, 4.69) is 5.32 Å². The summed E-state index contributed by atoms with van der Waals surface area (Å²) in [6.45, 7) is 2.78. The molecule has 0 aromatic heterocycles. The maximum absolute atomic E-state index is 12.9. The maximum atomic E-state index is 12.9. The van der Waals surface area contributed by atoms with Crippen LogP contribution in [0.15, 0.2) is 53.4 Å². The molecule has 1 aliphatic rings. The number of piperazine rings is 1. The number of benzene rings is 2. The molecule has 0 aliphatic carbocycles. The molecule has 0 radical (unpaired) electrons. The lowest BCUT2D eigenvalue weighted by molar-refractivity contribution is -0.137. The van der Waals surface area contributed by atoms with Crippen molar-refractivity contribution in [2.24, 2.45) is 0 Å². The monoisotopic (exact) mass is 441 g/mol. The zero-order valence-corrected chi connectivity index (χ0v) is 17.1. The normalized spacial score (nSPS) is 16.4. The van der Waals surface area contributed by atoms with Crippen LogP contribution in [0.5, 0.6) is 0 Å². The summed E-state index contributed by atoms with van der Waals surface area (Å²) >= 11 is 0. The second-order valence-corrected chi connectivity index (χ2v) is 9.01. The Morgan fingerprint density at radius 1 is 1.03 bits per heavy atom. The van der Waals surface area contributed by atoms with Gasteiger partial charge in [-0.15, -0.1) is 0 Å². The number of rotatable bonds is 5. The molecule has 1 amide bonds. The van der Waals surface area contributed by atoms with Crippen LogP contribution in [0.2, 0.25) is 0 Å². The fourth-order valence-corrected chi connectivity index (χ4v) is 4.68. The van der Waals surface area contributed by atoms with Gasteiger partial charge in [0, 0.05) is 31.9 Å². The van der Waals surface area contributed by atoms with Crippen molar-refractivity contribution in [3.63, 3.8) is 0 Å². The zero-order chi connectivity index (χ0) is 21.9. The van der Waals surface area contributed by atoms with Crippen LogP contribution in [0.1, 0.15) is 11.1 Å². The Hall–Kier alpha value is -2.43. The average Bonchev–Trinajstić information content (AvgIpc) is 2.69. The van der Waals surface area contributed by atoms with E-state index in [1.807, 2.05) is 30.0 Å². The highest BCUT2D eigenvalue weighted by Gasteiger charge is 2.34. The molecule has 1 fully saturated rings. The number of para-hydroxylation sites is 1. The number of carbonyl (C=O) groups is 1. The Morgan fingerprint density at radius 2 is 1.70 bits per heavy atom. The molecule has 6 nitrogen and oxygen atoms in total. The predicted octanol–water partition coefficient (Wildman–Crippen LogP) is 2.96. The number of hydrogen-bond acceptors (Lipinski definition) is 4. The van der Waals surface area contributed by atoms with E-state index in [-0.39, 0.29) is 30.4 Å². The van der Waals surface area contributed by atoms with E-state index in [0.29, 0.717) is 24.8 Å². The molecular weight excluding hydrogens is 419 g/mol. The van der Waals surface area contributed by atoms with Crippen LogP contribution < -0.4 is 5.32 Å². The second-order valence-electron chi connectivity index (χ2n) is 7.07. The molecule has 0 atom stereocenters. The van der Waals surface area contributed by atoms with Crippen LogP contribution in [-0.2, 0) is 21.0 Å². The standard InChI is InChI=1S/C20H22F3N3O3S/c1-15-5-2-3-8-18(15)24-19(27)14-25-9-11-26(12-10-25)30(28,29)17-7-4-6-16(13-17)20(21,22)23/h2-8,13H,9-12,14H2,1H3,(H,24,27). The van der Waals surface area contributed by atoms with E-state index < -0.39 is 21.8 Å². The largest absolute Gasteiger partial charge is 0.416 e. The molecule has 0 unspecified atom stereocenters. The highest BCUT2D eigenvalue weighted by Crippen LogP contribution is 2.31. The van der Waals surface area contributed by atoms with Gasteiger partial charge in [-0.1, -0.05) is 24.3 Å². The molecule has 0 bridgehead atoms. The van der Waals surface area contributed by atoms with Crippen molar-refractivity contribution >= 4 is 21.6 Å². The summed E-state index contributed by atoms with van der Waals surface area (Å²) in [5.41, 5.74) is 0.645. The van der Waals surface area contributed by atoms with Crippen LogP contribution in [0.3, 0.4) is 0 Å². The van der Waals surface area contributed by atoms with Gasteiger partial charge >= 0.3 is 6.18 Å². The zero-order valence-electron chi connectivity index (χ0n) is 16.3. The Labute approximate surface area is 173 Å². The molecule has 1 aliphatic heterocycles. The number of anilines is 1. The first-order valence-corrected chi connectivity index (χ1v) is 10.8. The first-order chi connectivity index (χ1) is 14.1. The number of aryl methyl sites for hydroxylation is 1. The van der Waals surface area contributed by atoms with Crippen molar-refractivity contribution in [3.8, 4) is 0 Å². The minimum absolute atomic E-state index is 0.0935. The topological polar surface area (TPSA) is 69.7 Å². The Kier molecular flexibility index (Phi) is 6.49. The van der Waals surface area contributed by atoms with Gasteiger partial charge in [0.2, 0.25) is 15.9 Å². The molecular formula is C20H22F3N3O3S. The number of carbonyl (C=O) groups excluding carboxylic acids is 1. The Bertz CT molecular complexity index is 1020. The summed E-state index contributed by atoms with van der Waals surface area (Å²) in [5.74, 6) is -0.210. The highest BCUT2D eigenvalue weighted by molar-refractivity contribution is 7.89. The molecule has 2 aromatic carbocycles. The Morgan fingerprint density at radius 3 is 2.33 bits per heavy atom. The van der Waals surface area contributed by atoms with Crippen LogP contribution in [0.4, 0.5) is 18.9 Å². The molecule has 0 saturated carbocycles. The van der Waals surface area contributed by atoms with Crippen molar-refractivity contribution < 1.29 is 26.4 Å². The SMILES string of the molecule is Cc1ccccc1NC(=O)CN1CCN(S(=O)(=O)c2cccc(C(F)(F)F)c2)CC1. The summed E-state index contributed by atoms with van der Waals surface area (Å²) < 4.78 is 65.3. The summed E-state index contributed by atoms with van der Waals surface area (Å²) in [4.78, 5) is 13.7. The number of nitrogens with one attached hydrogen (secondary N) is 1. The van der Waals surface area contributed by atoms with E-state index in [1.54, 1.807) is 6.07 Å². The lowest BCUT2D eigenvalue weighted by atomic mass is 10.2. The van der Waals surface area contributed by atoms with Gasteiger partial charge in [-0.2, -0.15) is 17.5 Å². The fraction of sp³-hybridized carbons (Fsp3) is 0.350. The van der Waals surface area contributed by atoms with Gasteiger partial charge in [-0.05, 0) is 36.8 Å². The third-order valence-electron chi connectivity index (χ3n) is 4.92. The first kappa shape index (κ1) is 22.3. The van der Waals surface area contributed by atoms with Gasteiger partial charge in [0.1, 0.15) is 0 Å². The number of amides is 1. The van der Waals surface area contributed by atoms with Crippen molar-refractivity contribution in [3.05, 3.63) is 59.7 Å². The van der Waals surface area contributed by atoms with Gasteiger partial charge in [-0.3, -0.25) is 9.69 Å². The highest BCUT2D eigenvalue weighted by atomic mass is 32.2. The van der Waals surface area contributed by atoms with Gasteiger partial charge in [0.25, 0.3) is 0 Å². The van der Waals surface area contributed by atoms with E-state index in [4.69, 9.17) is 0 Å². The van der Waals surface area contributed by atoms with E-state index in [1.165, 1.54) is 0 Å². The molecule has 2 aromatic rings. The quantitative estimate of drug-likeness (QED) is 0.775. The third-order valence-corrected chi connectivity index (χ3v) is 6.81. The average molecular weight is 441 g/mol. The van der Waals surface area contributed by atoms with Gasteiger partial charge < -0.3 is 5.32 Å². The number of alkyl halides is 3. The van der Waals surface area contributed by atoms with Crippen molar-refractivity contribution in [1.29, 1.82) is 0 Å². The summed E-state index contributed by atoms with van der Waals surface area (Å²) in [7, 11) is -4.04. The lowest BCUT2D eigenvalue weighted by Gasteiger charge is -2.33. The smallest absolute Gasteiger partial charge is 0.325 e. The predicted molar refractivity (Wildman–Crippen MR) is 106 cm³/mol. The van der Waals surface area contributed by atoms with Crippen LogP contribution in [-0.4, -0.2) is 56.3 Å². The van der Waals surface area contributed by atoms with E-state index in [9.17, 15) is 26.4 Å². The molecule has 1 heterocycles. The lowest BCUT2D eigenvalue weighted by Crippen LogP contribution is -2.50. The maximum Gasteiger partial charge on any atom is 0.416 e. The van der Waals surface area contributed by atoms with Crippen LogP contribution in [0.25, 0.3) is 0 Å². The molecule has 0 spiro atoms. The molecule has 162 valence electrons. The molecule has 30 heavy (non-hydrogen) atoms.